The van der Waals surface area contributed by atoms with Crippen molar-refractivity contribution in [3.05, 3.63) is 47.8 Å². The van der Waals surface area contributed by atoms with Crippen LogP contribution in [0.1, 0.15) is 43.1 Å². The SMILES string of the molecule is CCC1CN(CCCO)c2cccc3cc(-c4nc5cc(C(=O)O)cc(F)c5n4CC)n1c23. The summed E-state index contributed by atoms with van der Waals surface area (Å²) in [6.07, 6.45) is 1.61. The lowest BCUT2D eigenvalue weighted by atomic mass is 10.1. The second-order valence-corrected chi connectivity index (χ2v) is 8.51. The molecule has 33 heavy (non-hydrogen) atoms. The van der Waals surface area contributed by atoms with Crippen molar-refractivity contribution in [2.75, 3.05) is 24.6 Å². The topological polar surface area (TPSA) is 83.5 Å². The number of fused-ring (bicyclic) bond motifs is 1. The number of hydrogen-bond donors (Lipinski definition) is 2. The number of carboxylic acids is 1. The number of imidazole rings is 1. The maximum absolute atomic E-state index is 15.0. The highest BCUT2D eigenvalue weighted by Gasteiger charge is 2.30. The lowest BCUT2D eigenvalue weighted by Gasteiger charge is -2.36. The van der Waals surface area contributed by atoms with E-state index in [4.69, 9.17) is 4.98 Å². The maximum atomic E-state index is 15.0. The molecule has 0 fully saturated rings. The Morgan fingerprint density at radius 1 is 1.21 bits per heavy atom. The molecule has 0 saturated carbocycles. The molecular weight excluding hydrogens is 423 g/mol. The normalized spacial score (nSPS) is 15.6. The summed E-state index contributed by atoms with van der Waals surface area (Å²) in [5, 5.41) is 19.8. The Balaban J connectivity index is 1.78. The predicted octanol–water partition coefficient (Wildman–Crippen LogP) is 4.67. The molecule has 0 bridgehead atoms. The minimum absolute atomic E-state index is 0.109. The van der Waals surface area contributed by atoms with Gasteiger partial charge in [0, 0.05) is 31.6 Å². The first-order chi connectivity index (χ1) is 16.0. The van der Waals surface area contributed by atoms with Crippen LogP contribution >= 0.6 is 0 Å². The van der Waals surface area contributed by atoms with E-state index >= 15 is 4.39 Å². The van der Waals surface area contributed by atoms with Gasteiger partial charge in [0.15, 0.2) is 5.82 Å². The average Bonchev–Trinajstić information content (AvgIpc) is 3.38. The molecule has 7 nitrogen and oxygen atoms in total. The number of rotatable bonds is 7. The molecule has 0 saturated heterocycles. The lowest BCUT2D eigenvalue weighted by molar-refractivity contribution is 0.0696. The third-order valence-electron chi connectivity index (χ3n) is 6.62. The lowest BCUT2D eigenvalue weighted by Crippen LogP contribution is -2.36. The number of aryl methyl sites for hydroxylation is 1. The molecule has 172 valence electrons. The van der Waals surface area contributed by atoms with E-state index in [-0.39, 0.29) is 18.2 Å². The first-order valence-electron chi connectivity index (χ1n) is 11.4. The van der Waals surface area contributed by atoms with Crippen LogP contribution in [0.25, 0.3) is 33.5 Å². The van der Waals surface area contributed by atoms with Crippen LogP contribution in [-0.2, 0) is 6.54 Å². The van der Waals surface area contributed by atoms with Crippen LogP contribution in [0.4, 0.5) is 10.1 Å². The number of carbonyl (C=O) groups is 1. The van der Waals surface area contributed by atoms with Gasteiger partial charge in [-0.25, -0.2) is 14.2 Å². The van der Waals surface area contributed by atoms with Gasteiger partial charge >= 0.3 is 5.97 Å². The van der Waals surface area contributed by atoms with Gasteiger partial charge < -0.3 is 24.2 Å². The van der Waals surface area contributed by atoms with E-state index < -0.39 is 11.8 Å². The van der Waals surface area contributed by atoms with Crippen molar-refractivity contribution in [2.45, 2.75) is 39.3 Å². The monoisotopic (exact) mass is 450 g/mol. The largest absolute Gasteiger partial charge is 0.478 e. The van der Waals surface area contributed by atoms with Crippen molar-refractivity contribution >= 4 is 33.6 Å². The average molecular weight is 451 g/mol. The van der Waals surface area contributed by atoms with Crippen LogP contribution in [0.3, 0.4) is 0 Å². The zero-order valence-corrected chi connectivity index (χ0v) is 18.8. The van der Waals surface area contributed by atoms with Crippen LogP contribution in [-0.4, -0.2) is 50.0 Å². The van der Waals surface area contributed by atoms with Crippen molar-refractivity contribution in [2.24, 2.45) is 0 Å². The Kier molecular flexibility index (Phi) is 5.32. The maximum Gasteiger partial charge on any atom is 0.335 e. The van der Waals surface area contributed by atoms with Crippen molar-refractivity contribution in [3.63, 3.8) is 0 Å². The number of hydrogen-bond acceptors (Lipinski definition) is 4. The van der Waals surface area contributed by atoms with Gasteiger partial charge in [0.2, 0.25) is 0 Å². The zero-order chi connectivity index (χ0) is 23.3. The number of halogens is 1. The second kappa shape index (κ2) is 8.19. The Morgan fingerprint density at radius 3 is 2.73 bits per heavy atom. The molecular formula is C25H27FN4O3. The van der Waals surface area contributed by atoms with E-state index in [0.717, 1.165) is 47.9 Å². The van der Waals surface area contributed by atoms with Crippen LogP contribution in [0.2, 0.25) is 0 Å². The number of anilines is 1. The predicted molar refractivity (Wildman–Crippen MR) is 127 cm³/mol. The molecule has 5 rings (SSSR count). The van der Waals surface area contributed by atoms with Crippen LogP contribution in [0.5, 0.6) is 0 Å². The van der Waals surface area contributed by atoms with Gasteiger partial charge in [0.05, 0.1) is 34.0 Å². The van der Waals surface area contributed by atoms with E-state index in [9.17, 15) is 15.0 Å². The van der Waals surface area contributed by atoms with Gasteiger partial charge in [-0.05, 0) is 44.0 Å². The third-order valence-corrected chi connectivity index (χ3v) is 6.62. The summed E-state index contributed by atoms with van der Waals surface area (Å²) in [6.45, 7) is 6.34. The van der Waals surface area contributed by atoms with Gasteiger partial charge in [-0.15, -0.1) is 0 Å². The zero-order valence-electron chi connectivity index (χ0n) is 18.8. The number of nitrogens with zero attached hydrogens (tertiary/aromatic N) is 4. The number of aliphatic hydroxyl groups is 1. The minimum atomic E-state index is -1.18. The molecule has 0 aliphatic carbocycles. The van der Waals surface area contributed by atoms with E-state index in [2.05, 4.69) is 34.6 Å². The minimum Gasteiger partial charge on any atom is -0.478 e. The molecule has 2 aromatic carbocycles. The van der Waals surface area contributed by atoms with Crippen molar-refractivity contribution in [1.82, 2.24) is 14.1 Å². The third kappa shape index (κ3) is 3.28. The molecule has 1 atom stereocenters. The van der Waals surface area contributed by atoms with E-state index in [1.54, 1.807) is 0 Å². The number of para-hydroxylation sites is 1. The summed E-state index contributed by atoms with van der Waals surface area (Å²) in [7, 11) is 0. The fourth-order valence-corrected chi connectivity index (χ4v) is 5.14. The molecule has 1 aliphatic heterocycles. The van der Waals surface area contributed by atoms with Crippen molar-refractivity contribution < 1.29 is 19.4 Å². The number of carboxylic acid groups (broad SMARTS) is 1. The van der Waals surface area contributed by atoms with Crippen LogP contribution in [0.15, 0.2) is 36.4 Å². The summed E-state index contributed by atoms with van der Waals surface area (Å²) in [4.78, 5) is 18.5. The highest BCUT2D eigenvalue weighted by molar-refractivity contribution is 5.98. The summed E-state index contributed by atoms with van der Waals surface area (Å²) >= 11 is 0. The molecule has 8 heteroatoms. The molecule has 1 unspecified atom stereocenters. The number of aromatic carboxylic acids is 1. The van der Waals surface area contributed by atoms with Gasteiger partial charge in [0.1, 0.15) is 11.3 Å². The highest BCUT2D eigenvalue weighted by Crippen LogP contribution is 2.42. The Morgan fingerprint density at radius 2 is 2.03 bits per heavy atom. The number of benzene rings is 2. The molecule has 0 spiro atoms. The van der Waals surface area contributed by atoms with Crippen LogP contribution < -0.4 is 4.90 Å². The van der Waals surface area contributed by atoms with Crippen molar-refractivity contribution in [1.29, 1.82) is 0 Å². The van der Waals surface area contributed by atoms with Gasteiger partial charge in [0.25, 0.3) is 0 Å². The fourth-order valence-electron chi connectivity index (χ4n) is 5.14. The molecule has 0 amide bonds. The molecule has 1 aliphatic rings. The molecule has 4 aromatic rings. The molecule has 2 aromatic heterocycles. The summed E-state index contributed by atoms with van der Waals surface area (Å²) in [6, 6.07) is 11.0. The standard InChI is InChI=1S/C25H27FN4O3/c1-3-17-14-28(9-6-10-31)20-8-5-7-15-13-21(30(17)22(15)20)24-27-19-12-16(25(32)33)11-18(26)23(19)29(24)4-2/h5,7-8,11-13,17,31H,3-4,6,9-10,14H2,1-2H3,(H,32,33). The number of aliphatic hydroxyl groups excluding tert-OH is 1. The first kappa shape index (κ1) is 21.5. The quantitative estimate of drug-likeness (QED) is 0.428. The Bertz CT molecular complexity index is 1370. The van der Waals surface area contributed by atoms with E-state index in [1.807, 2.05) is 17.6 Å². The Hall–Kier alpha value is -3.39. The fraction of sp³-hybridized carbons (Fsp3) is 0.360. The van der Waals surface area contributed by atoms with E-state index in [1.165, 1.54) is 6.07 Å². The second-order valence-electron chi connectivity index (χ2n) is 8.51. The van der Waals surface area contributed by atoms with Gasteiger partial charge in [-0.1, -0.05) is 19.1 Å². The van der Waals surface area contributed by atoms with E-state index in [0.29, 0.717) is 29.8 Å². The summed E-state index contributed by atoms with van der Waals surface area (Å²) < 4.78 is 19.1. The molecule has 0 radical (unpaired) electrons. The summed E-state index contributed by atoms with van der Waals surface area (Å²) in [5.74, 6) is -1.12. The smallest absolute Gasteiger partial charge is 0.335 e. The number of aromatic nitrogens is 3. The molecule has 2 N–H and O–H groups in total. The van der Waals surface area contributed by atoms with Gasteiger partial charge in [-0.2, -0.15) is 0 Å². The Labute approximate surface area is 190 Å². The van der Waals surface area contributed by atoms with Gasteiger partial charge in [-0.3, -0.25) is 0 Å². The molecule has 3 heterocycles. The summed E-state index contributed by atoms with van der Waals surface area (Å²) in [5.41, 5.74) is 3.70. The van der Waals surface area contributed by atoms with Crippen molar-refractivity contribution in [3.8, 4) is 11.5 Å². The highest BCUT2D eigenvalue weighted by atomic mass is 19.1. The van der Waals surface area contributed by atoms with Crippen LogP contribution in [0, 0.1) is 5.82 Å². The first-order valence-corrected chi connectivity index (χ1v) is 11.4.